The third-order valence-electron chi connectivity index (χ3n) is 1.94. The molecule has 0 unspecified atom stereocenters. The summed E-state index contributed by atoms with van der Waals surface area (Å²) in [6.45, 7) is 0. The van der Waals surface area contributed by atoms with Crippen molar-refractivity contribution in [2.45, 2.75) is 4.90 Å². The molecule has 1 heterocycles. The van der Waals surface area contributed by atoms with Crippen LogP contribution in [0.1, 0.15) is 10.4 Å². The molecule has 0 N–H and O–H groups in total. The summed E-state index contributed by atoms with van der Waals surface area (Å²) in [5, 5.41) is 0. The van der Waals surface area contributed by atoms with Gasteiger partial charge in [0.2, 0.25) is 0 Å². The Bertz CT molecular complexity index is 554. The van der Waals surface area contributed by atoms with E-state index in [9.17, 15) is 13.2 Å². The van der Waals surface area contributed by atoms with Gasteiger partial charge in [0.1, 0.15) is 4.90 Å². The van der Waals surface area contributed by atoms with Crippen LogP contribution in [-0.4, -0.2) is 18.6 Å². The van der Waals surface area contributed by atoms with Crippen LogP contribution < -0.4 is 0 Å². The van der Waals surface area contributed by atoms with E-state index in [0.29, 0.717) is 4.31 Å². The number of sulfonamides is 1. The molecule has 0 spiro atoms. The number of carbonyl (C=O) groups is 1. The van der Waals surface area contributed by atoms with Gasteiger partial charge in [-0.15, -0.1) is 0 Å². The molecular formula is C9H5NO3S. The van der Waals surface area contributed by atoms with Gasteiger partial charge in [-0.2, -0.15) is 12.7 Å². The minimum atomic E-state index is -3.80. The van der Waals surface area contributed by atoms with Crippen LogP contribution >= 0.6 is 0 Å². The summed E-state index contributed by atoms with van der Waals surface area (Å²) >= 11 is 0. The molecule has 1 aliphatic rings. The van der Waals surface area contributed by atoms with Gasteiger partial charge in [0.15, 0.2) is 0 Å². The fraction of sp³-hybridized carbons (Fsp3) is 0. The Kier molecular flexibility index (Phi) is 1.63. The van der Waals surface area contributed by atoms with Crippen LogP contribution in [0.15, 0.2) is 29.2 Å². The maximum absolute atomic E-state index is 11.6. The highest BCUT2D eigenvalue weighted by Gasteiger charge is 2.40. The summed E-state index contributed by atoms with van der Waals surface area (Å²) in [7, 11) is -3.80. The lowest BCUT2D eigenvalue weighted by Gasteiger charge is -2.03. The quantitative estimate of drug-likeness (QED) is 0.579. The Morgan fingerprint density at radius 1 is 1.29 bits per heavy atom. The van der Waals surface area contributed by atoms with Gasteiger partial charge in [-0.05, 0) is 12.1 Å². The number of rotatable bonds is 0. The number of benzene rings is 1. The maximum Gasteiger partial charge on any atom is 0.281 e. The molecule has 5 heteroatoms. The molecule has 14 heavy (non-hydrogen) atoms. The van der Waals surface area contributed by atoms with Crippen LogP contribution in [0.3, 0.4) is 0 Å². The zero-order chi connectivity index (χ0) is 10.3. The molecular weight excluding hydrogens is 202 g/mol. The van der Waals surface area contributed by atoms with Crippen molar-refractivity contribution < 1.29 is 13.2 Å². The molecule has 1 amide bonds. The SMILES string of the molecule is C#CN1C(=O)c2ccccc2S1(=O)=O. The van der Waals surface area contributed by atoms with Crippen molar-refractivity contribution in [3.63, 3.8) is 0 Å². The zero-order valence-electron chi connectivity index (χ0n) is 6.97. The number of nitrogens with zero attached hydrogens (tertiary/aromatic N) is 1. The van der Waals surface area contributed by atoms with E-state index in [1.54, 1.807) is 12.1 Å². The summed E-state index contributed by atoms with van der Waals surface area (Å²) in [4.78, 5) is 11.4. The van der Waals surface area contributed by atoms with Crippen molar-refractivity contribution in [1.29, 1.82) is 0 Å². The molecule has 1 aliphatic heterocycles. The van der Waals surface area contributed by atoms with E-state index in [1.165, 1.54) is 12.1 Å². The molecule has 0 saturated carbocycles. The van der Waals surface area contributed by atoms with Crippen molar-refractivity contribution in [2.75, 3.05) is 0 Å². The highest BCUT2D eigenvalue weighted by molar-refractivity contribution is 7.90. The fourth-order valence-corrected chi connectivity index (χ4v) is 2.65. The van der Waals surface area contributed by atoms with Crippen molar-refractivity contribution in [3.05, 3.63) is 29.8 Å². The van der Waals surface area contributed by atoms with Gasteiger partial charge < -0.3 is 0 Å². The second-order valence-electron chi connectivity index (χ2n) is 2.70. The predicted octanol–water partition coefficient (Wildman–Crippen LogP) is 0.422. The van der Waals surface area contributed by atoms with Gasteiger partial charge >= 0.3 is 0 Å². The first-order valence-corrected chi connectivity index (χ1v) is 5.18. The smallest absolute Gasteiger partial charge is 0.267 e. The van der Waals surface area contributed by atoms with Crippen molar-refractivity contribution in [2.24, 2.45) is 0 Å². The van der Waals surface area contributed by atoms with Crippen molar-refractivity contribution in [1.82, 2.24) is 4.31 Å². The van der Waals surface area contributed by atoms with Gasteiger partial charge in [-0.3, -0.25) is 4.79 Å². The lowest BCUT2D eigenvalue weighted by molar-refractivity contribution is 0.0913. The maximum atomic E-state index is 11.6. The van der Waals surface area contributed by atoms with E-state index in [4.69, 9.17) is 6.42 Å². The third kappa shape index (κ3) is 0.887. The summed E-state index contributed by atoms with van der Waals surface area (Å²) in [5.41, 5.74) is 0.130. The second kappa shape index (κ2) is 2.59. The van der Waals surface area contributed by atoms with Gasteiger partial charge in [0.05, 0.1) is 5.56 Å². The summed E-state index contributed by atoms with van der Waals surface area (Å²) in [6, 6.07) is 7.78. The van der Waals surface area contributed by atoms with E-state index >= 15 is 0 Å². The first kappa shape index (κ1) is 8.78. The largest absolute Gasteiger partial charge is 0.281 e. The standard InChI is InChI=1S/C9H5NO3S/c1-2-10-9(11)7-5-3-4-6-8(7)14(10,12)13/h1,3-6H. The third-order valence-corrected chi connectivity index (χ3v) is 3.60. The molecule has 70 valence electrons. The zero-order valence-corrected chi connectivity index (χ0v) is 7.78. The fourth-order valence-electron chi connectivity index (χ4n) is 1.31. The molecule has 2 rings (SSSR count). The van der Waals surface area contributed by atoms with Crippen LogP contribution in [0.2, 0.25) is 0 Å². The number of amides is 1. The molecule has 1 aromatic carbocycles. The topological polar surface area (TPSA) is 54.5 Å². The molecule has 0 radical (unpaired) electrons. The molecule has 1 aromatic rings. The molecule has 0 saturated heterocycles. The van der Waals surface area contributed by atoms with Gasteiger partial charge in [0, 0.05) is 6.04 Å². The molecule has 4 nitrogen and oxygen atoms in total. The number of hydrogen-bond acceptors (Lipinski definition) is 3. The number of terminal acetylenes is 1. The average molecular weight is 207 g/mol. The minimum absolute atomic E-state index is 0.0250. The highest BCUT2D eigenvalue weighted by Crippen LogP contribution is 2.28. The van der Waals surface area contributed by atoms with Gasteiger partial charge in [0.25, 0.3) is 15.9 Å². The van der Waals surface area contributed by atoms with E-state index in [2.05, 4.69) is 0 Å². The number of hydrogen-bond donors (Lipinski definition) is 0. The predicted molar refractivity (Wildman–Crippen MR) is 48.6 cm³/mol. The molecule has 0 atom stereocenters. The second-order valence-corrected chi connectivity index (χ2v) is 4.45. The Hall–Kier alpha value is -1.80. The van der Waals surface area contributed by atoms with E-state index in [0.717, 1.165) is 0 Å². The van der Waals surface area contributed by atoms with Crippen molar-refractivity contribution in [3.8, 4) is 12.5 Å². The van der Waals surface area contributed by atoms with E-state index in [1.807, 2.05) is 6.04 Å². The van der Waals surface area contributed by atoms with E-state index in [-0.39, 0.29) is 10.5 Å². The Labute approximate surface area is 81.2 Å². The average Bonchev–Trinajstić information content (AvgIpc) is 2.36. The monoisotopic (exact) mass is 207 g/mol. The molecule has 0 bridgehead atoms. The van der Waals surface area contributed by atoms with Crippen LogP contribution in [0, 0.1) is 12.5 Å². The lowest BCUT2D eigenvalue weighted by Crippen LogP contribution is -2.24. The summed E-state index contributed by atoms with van der Waals surface area (Å²) in [5.74, 6) is -0.664. The first-order chi connectivity index (χ1) is 6.59. The normalized spacial score (nSPS) is 17.6. The number of fused-ring (bicyclic) bond motifs is 1. The van der Waals surface area contributed by atoms with Crippen LogP contribution in [0.25, 0.3) is 0 Å². The highest BCUT2D eigenvalue weighted by atomic mass is 32.2. The van der Waals surface area contributed by atoms with Crippen LogP contribution in [0.5, 0.6) is 0 Å². The van der Waals surface area contributed by atoms with E-state index < -0.39 is 15.9 Å². The molecule has 0 aliphatic carbocycles. The van der Waals surface area contributed by atoms with Crippen molar-refractivity contribution >= 4 is 15.9 Å². The Balaban J connectivity index is 2.82. The number of carbonyl (C=O) groups excluding carboxylic acids is 1. The summed E-state index contributed by atoms with van der Waals surface area (Å²) in [6.07, 6.45) is 4.96. The Morgan fingerprint density at radius 2 is 1.93 bits per heavy atom. The minimum Gasteiger partial charge on any atom is -0.267 e. The van der Waals surface area contributed by atoms with Crippen LogP contribution in [0.4, 0.5) is 0 Å². The molecule has 0 aromatic heterocycles. The Morgan fingerprint density at radius 3 is 2.50 bits per heavy atom. The summed E-state index contributed by atoms with van der Waals surface area (Å²) < 4.78 is 23.6. The van der Waals surface area contributed by atoms with Crippen LogP contribution in [-0.2, 0) is 10.0 Å². The first-order valence-electron chi connectivity index (χ1n) is 3.74. The van der Waals surface area contributed by atoms with Gasteiger partial charge in [-0.1, -0.05) is 18.6 Å². The van der Waals surface area contributed by atoms with Gasteiger partial charge in [-0.25, -0.2) is 0 Å². The lowest BCUT2D eigenvalue weighted by atomic mass is 10.2. The molecule has 0 fully saturated rings.